The molecule has 0 aliphatic rings. The zero-order valence-electron chi connectivity index (χ0n) is 21.9. The van der Waals surface area contributed by atoms with Crippen molar-refractivity contribution in [3.05, 3.63) is 77.1 Å². The normalized spacial score (nSPS) is 11.7. The molecule has 40 heavy (non-hydrogen) atoms. The molecule has 4 aromatic heterocycles. The Morgan fingerprint density at radius 2 is 1.90 bits per heavy atom. The smallest absolute Gasteiger partial charge is 0.420 e. The highest BCUT2D eigenvalue weighted by Gasteiger charge is 2.27. The van der Waals surface area contributed by atoms with E-state index in [0.29, 0.717) is 33.6 Å². The van der Waals surface area contributed by atoms with Crippen molar-refractivity contribution in [2.75, 3.05) is 4.90 Å². The van der Waals surface area contributed by atoms with Crippen LogP contribution in [0.15, 0.2) is 66.4 Å². The Morgan fingerprint density at radius 3 is 2.70 bits per heavy atom. The van der Waals surface area contributed by atoms with E-state index in [4.69, 9.17) is 9.72 Å². The van der Waals surface area contributed by atoms with Gasteiger partial charge in [-0.15, -0.1) is 21.5 Å². The van der Waals surface area contributed by atoms with E-state index in [0.717, 1.165) is 21.8 Å². The second kappa shape index (κ2) is 9.97. The Bertz CT molecular complexity index is 1850. The predicted molar refractivity (Wildman–Crippen MR) is 152 cm³/mol. The molecule has 0 aliphatic carbocycles. The van der Waals surface area contributed by atoms with E-state index < -0.39 is 11.7 Å². The zero-order valence-corrected chi connectivity index (χ0v) is 22.7. The zero-order chi connectivity index (χ0) is 27.9. The number of H-pyrrole nitrogens is 2. The number of Topliss-reactive ketones (excluding diaryl/α,β-unsaturated/α-hetero) is 1. The fourth-order valence-electron chi connectivity index (χ4n) is 4.24. The minimum absolute atomic E-state index is 0.0738. The first-order valence-electron chi connectivity index (χ1n) is 12.4. The second-order valence-corrected chi connectivity index (χ2v) is 11.0. The van der Waals surface area contributed by atoms with Crippen LogP contribution in [-0.2, 0) is 11.2 Å². The van der Waals surface area contributed by atoms with Crippen LogP contribution in [0.3, 0.4) is 0 Å². The summed E-state index contributed by atoms with van der Waals surface area (Å²) in [5.74, 6) is 0.686. The average molecular weight is 553 g/mol. The maximum absolute atomic E-state index is 13.4. The molecule has 0 bridgehead atoms. The first-order valence-corrected chi connectivity index (χ1v) is 13.3. The quantitative estimate of drug-likeness (QED) is 0.245. The van der Waals surface area contributed by atoms with Gasteiger partial charge in [0.1, 0.15) is 21.9 Å². The van der Waals surface area contributed by atoms with Crippen molar-refractivity contribution >= 4 is 56.5 Å². The molecule has 0 saturated carbocycles. The summed E-state index contributed by atoms with van der Waals surface area (Å²) in [6, 6.07) is 14.6. The molecule has 200 valence electrons. The molecule has 0 atom stereocenters. The van der Waals surface area contributed by atoms with E-state index in [9.17, 15) is 9.59 Å². The van der Waals surface area contributed by atoms with Crippen LogP contribution in [0.1, 0.15) is 36.3 Å². The maximum Gasteiger partial charge on any atom is 0.420 e. The molecule has 0 spiro atoms. The largest absolute Gasteiger partial charge is 0.443 e. The Labute approximate surface area is 232 Å². The molecule has 6 rings (SSSR count). The van der Waals surface area contributed by atoms with Crippen LogP contribution in [0.25, 0.3) is 33.2 Å². The minimum atomic E-state index is -0.713. The number of rotatable bonds is 6. The van der Waals surface area contributed by atoms with Gasteiger partial charge in [-0.1, -0.05) is 12.1 Å². The number of nitrogens with one attached hydrogen (secondary N) is 2. The third-order valence-corrected chi connectivity index (χ3v) is 6.72. The van der Waals surface area contributed by atoms with E-state index in [2.05, 4.69) is 30.4 Å². The molecule has 0 aliphatic heterocycles. The third-order valence-electron chi connectivity index (χ3n) is 6.03. The van der Waals surface area contributed by atoms with Crippen LogP contribution in [0.4, 0.5) is 16.3 Å². The van der Waals surface area contributed by atoms with Crippen LogP contribution in [-0.4, -0.2) is 52.8 Å². The lowest BCUT2D eigenvalue weighted by atomic mass is 10.1. The lowest BCUT2D eigenvalue weighted by molar-refractivity contribution is 0.0598. The molecule has 0 radical (unpaired) electrons. The first kappa shape index (κ1) is 25.3. The number of fused-ring (bicyclic) bond motifs is 2. The number of nitrogens with zero attached hydrogens (tertiary/aromatic N) is 6. The van der Waals surface area contributed by atoms with Gasteiger partial charge in [0.15, 0.2) is 11.6 Å². The fourth-order valence-corrected chi connectivity index (χ4v) is 4.77. The maximum atomic E-state index is 13.4. The van der Waals surface area contributed by atoms with Gasteiger partial charge < -0.3 is 9.72 Å². The molecule has 11 nitrogen and oxygen atoms in total. The van der Waals surface area contributed by atoms with Crippen molar-refractivity contribution in [3.8, 4) is 11.4 Å². The van der Waals surface area contributed by atoms with E-state index >= 15 is 0 Å². The van der Waals surface area contributed by atoms with Crippen LogP contribution >= 0.6 is 11.3 Å². The number of ether oxygens (including phenoxy) is 1. The molecule has 4 heterocycles. The molecule has 0 saturated heterocycles. The highest BCUT2D eigenvalue weighted by Crippen LogP contribution is 2.31. The molecule has 2 N–H and O–H groups in total. The number of ketones is 1. The molecule has 2 aromatic carbocycles. The number of hydrogen-bond acceptors (Lipinski definition) is 9. The molecule has 0 fully saturated rings. The van der Waals surface area contributed by atoms with Gasteiger partial charge >= 0.3 is 6.09 Å². The Morgan fingerprint density at radius 1 is 1.02 bits per heavy atom. The van der Waals surface area contributed by atoms with Crippen molar-refractivity contribution in [2.24, 2.45) is 0 Å². The highest BCUT2D eigenvalue weighted by molar-refractivity contribution is 7.09. The van der Waals surface area contributed by atoms with Crippen molar-refractivity contribution < 1.29 is 14.3 Å². The number of carbonyl (C=O) groups is 2. The van der Waals surface area contributed by atoms with Crippen LogP contribution < -0.4 is 4.90 Å². The number of amides is 1. The Kier molecular flexibility index (Phi) is 6.31. The number of hydrogen-bond donors (Lipinski definition) is 2. The second-order valence-electron chi connectivity index (χ2n) is 10.1. The molecular formula is C28H24N8O3S. The minimum Gasteiger partial charge on any atom is -0.443 e. The van der Waals surface area contributed by atoms with Crippen LogP contribution in [0, 0.1) is 0 Å². The third kappa shape index (κ3) is 5.16. The summed E-state index contributed by atoms with van der Waals surface area (Å²) in [5, 5.41) is 17.1. The number of benzene rings is 2. The van der Waals surface area contributed by atoms with Gasteiger partial charge in [-0.25, -0.2) is 19.7 Å². The summed E-state index contributed by atoms with van der Waals surface area (Å²) in [6.07, 6.45) is 2.90. The number of aromatic amines is 2. The topological polar surface area (TPSA) is 143 Å². The number of carbonyl (C=O) groups excluding carboxylic acids is 2. The lowest BCUT2D eigenvalue weighted by Gasteiger charge is -2.27. The van der Waals surface area contributed by atoms with Gasteiger partial charge in [0.2, 0.25) is 0 Å². The standard InChI is InChI=1S/C28H24N8O3S/c1-28(2,3)39-27(38)36(19-6-7-20-18(10-19)14-30-34-20)24-8-9-29-26(33-24)17-5-4-16-11-22(32-21(16)12-17)23(37)13-25-35-31-15-40-25/h4-12,14-15,32H,13H2,1-3H3,(H,30,34). The van der Waals surface area contributed by atoms with Crippen LogP contribution in [0.2, 0.25) is 0 Å². The molecule has 6 aromatic rings. The fraction of sp³-hybridized carbons (Fsp3) is 0.179. The van der Waals surface area contributed by atoms with Crippen molar-refractivity contribution in [1.29, 1.82) is 0 Å². The lowest BCUT2D eigenvalue weighted by Crippen LogP contribution is -2.34. The van der Waals surface area contributed by atoms with Gasteiger partial charge in [-0.2, -0.15) is 5.10 Å². The van der Waals surface area contributed by atoms with Gasteiger partial charge in [0, 0.05) is 28.0 Å². The SMILES string of the molecule is CC(C)(C)OC(=O)N(c1ccc2[nH]ncc2c1)c1ccnc(-c2ccc3cc(C(=O)Cc4nncs4)[nH]c3c2)n1. The molecule has 1 amide bonds. The summed E-state index contributed by atoms with van der Waals surface area (Å²) < 4.78 is 5.73. The molecule has 0 unspecified atom stereocenters. The van der Waals surface area contributed by atoms with E-state index in [1.54, 1.807) is 30.0 Å². The summed E-state index contributed by atoms with van der Waals surface area (Å²) >= 11 is 1.35. The van der Waals surface area contributed by atoms with Crippen molar-refractivity contribution in [2.45, 2.75) is 32.8 Å². The summed E-state index contributed by atoms with van der Waals surface area (Å²) in [6.45, 7) is 5.44. The average Bonchev–Trinajstić information content (AvgIpc) is 3.68. The summed E-state index contributed by atoms with van der Waals surface area (Å²) in [5.41, 5.74) is 4.28. The van der Waals surface area contributed by atoms with Crippen molar-refractivity contribution in [3.63, 3.8) is 0 Å². The number of anilines is 2. The van der Waals surface area contributed by atoms with Crippen LogP contribution in [0.5, 0.6) is 0 Å². The Hall–Kier alpha value is -4.97. The monoisotopic (exact) mass is 552 g/mol. The number of aromatic nitrogens is 7. The molecule has 12 heteroatoms. The first-order chi connectivity index (χ1) is 19.2. The predicted octanol–water partition coefficient (Wildman–Crippen LogP) is 5.85. The Balaban J connectivity index is 1.35. The van der Waals surface area contributed by atoms with Gasteiger partial charge in [-0.3, -0.25) is 9.89 Å². The summed E-state index contributed by atoms with van der Waals surface area (Å²) in [7, 11) is 0. The molecular weight excluding hydrogens is 528 g/mol. The van der Waals surface area contributed by atoms with Gasteiger partial charge in [-0.05, 0) is 57.2 Å². The van der Waals surface area contributed by atoms with Gasteiger partial charge in [0.05, 0.1) is 29.5 Å². The van der Waals surface area contributed by atoms with Gasteiger partial charge in [0.25, 0.3) is 0 Å². The summed E-state index contributed by atoms with van der Waals surface area (Å²) in [4.78, 5) is 40.0. The van der Waals surface area contributed by atoms with Crippen molar-refractivity contribution in [1.82, 2.24) is 35.3 Å². The van der Waals surface area contributed by atoms with E-state index in [-0.39, 0.29) is 12.2 Å². The van der Waals surface area contributed by atoms with E-state index in [1.165, 1.54) is 16.2 Å². The van der Waals surface area contributed by atoms with E-state index in [1.807, 2.05) is 57.2 Å². The highest BCUT2D eigenvalue weighted by atomic mass is 32.1.